The summed E-state index contributed by atoms with van der Waals surface area (Å²) in [7, 11) is 0. The maximum absolute atomic E-state index is 13.5. The minimum Gasteiger partial charge on any atom is -0.387 e. The van der Waals surface area contributed by atoms with Gasteiger partial charge in [0.1, 0.15) is 0 Å². The molecule has 0 spiro atoms. The molecule has 18 heavy (non-hydrogen) atoms. The molecule has 1 unspecified atom stereocenters. The highest BCUT2D eigenvalue weighted by molar-refractivity contribution is 5.21. The molecule has 1 fully saturated rings. The maximum Gasteiger partial charge on any atom is 0.164 e. The number of aliphatic hydroxyl groups is 1. The van der Waals surface area contributed by atoms with Gasteiger partial charge in [-0.05, 0) is 37.9 Å². The van der Waals surface area contributed by atoms with Crippen molar-refractivity contribution in [2.45, 2.75) is 25.9 Å². The van der Waals surface area contributed by atoms with Crippen LogP contribution in [0.1, 0.15) is 31.4 Å². The van der Waals surface area contributed by atoms with Crippen LogP contribution in [0.25, 0.3) is 0 Å². The van der Waals surface area contributed by atoms with Gasteiger partial charge in [0.05, 0.1) is 6.10 Å². The summed E-state index contributed by atoms with van der Waals surface area (Å²) >= 11 is 0. The molecule has 0 radical (unpaired) electrons. The van der Waals surface area contributed by atoms with Gasteiger partial charge in [-0.2, -0.15) is 0 Å². The van der Waals surface area contributed by atoms with Crippen molar-refractivity contribution in [2.75, 3.05) is 19.6 Å². The van der Waals surface area contributed by atoms with E-state index in [1.54, 1.807) is 0 Å². The summed E-state index contributed by atoms with van der Waals surface area (Å²) in [5, 5.41) is 10.00. The number of hydrogen-bond donors (Lipinski definition) is 1. The number of halogens is 2. The Bertz CT molecular complexity index is 403. The van der Waals surface area contributed by atoms with E-state index >= 15 is 0 Å². The Morgan fingerprint density at radius 1 is 1.33 bits per heavy atom. The molecule has 2 nitrogen and oxygen atoms in total. The molecule has 4 heteroatoms. The molecule has 1 N–H and O–H groups in total. The standard InChI is InChI=1S/C14H19F2NO/c1-10-5-7-17(8-6-10)9-13(18)11-3-2-4-12(15)14(11)16/h2-4,10,13,18H,5-9H2,1H3. The highest BCUT2D eigenvalue weighted by Gasteiger charge is 2.21. The van der Waals surface area contributed by atoms with Gasteiger partial charge in [-0.15, -0.1) is 0 Å². The third kappa shape index (κ3) is 3.06. The first-order valence-electron chi connectivity index (χ1n) is 6.42. The minimum absolute atomic E-state index is 0.0496. The largest absolute Gasteiger partial charge is 0.387 e. The molecule has 0 saturated carbocycles. The van der Waals surface area contributed by atoms with Gasteiger partial charge in [-0.3, -0.25) is 0 Å². The normalized spacial score (nSPS) is 20.0. The molecular formula is C14H19F2NO. The van der Waals surface area contributed by atoms with Crippen LogP contribution in [0, 0.1) is 17.6 Å². The van der Waals surface area contributed by atoms with Gasteiger partial charge >= 0.3 is 0 Å². The number of nitrogens with zero attached hydrogens (tertiary/aromatic N) is 1. The van der Waals surface area contributed by atoms with Crippen LogP contribution >= 0.6 is 0 Å². The van der Waals surface area contributed by atoms with Gasteiger partial charge in [0, 0.05) is 12.1 Å². The summed E-state index contributed by atoms with van der Waals surface area (Å²) in [6.07, 6.45) is 1.23. The van der Waals surface area contributed by atoms with Gasteiger partial charge in [0.2, 0.25) is 0 Å². The predicted molar refractivity (Wildman–Crippen MR) is 66.2 cm³/mol. The second-order valence-corrected chi connectivity index (χ2v) is 5.14. The summed E-state index contributed by atoms with van der Waals surface area (Å²) in [5.41, 5.74) is 0.0496. The first-order valence-corrected chi connectivity index (χ1v) is 6.42. The molecule has 1 aliphatic heterocycles. The first kappa shape index (κ1) is 13.4. The minimum atomic E-state index is -0.964. The lowest BCUT2D eigenvalue weighted by molar-refractivity contribution is 0.0888. The molecule has 0 amide bonds. The van der Waals surface area contributed by atoms with Crippen LogP contribution in [0.3, 0.4) is 0 Å². The van der Waals surface area contributed by atoms with Crippen LogP contribution < -0.4 is 0 Å². The SMILES string of the molecule is CC1CCN(CC(O)c2cccc(F)c2F)CC1. The Balaban J connectivity index is 1.99. The zero-order chi connectivity index (χ0) is 13.1. The van der Waals surface area contributed by atoms with Gasteiger partial charge in [-0.25, -0.2) is 8.78 Å². The Kier molecular flexibility index (Phi) is 4.30. The first-order chi connectivity index (χ1) is 8.58. The molecular weight excluding hydrogens is 236 g/mol. The fraction of sp³-hybridized carbons (Fsp3) is 0.571. The van der Waals surface area contributed by atoms with E-state index in [0.717, 1.165) is 32.0 Å². The predicted octanol–water partition coefficient (Wildman–Crippen LogP) is 2.73. The van der Waals surface area contributed by atoms with Gasteiger partial charge in [0.15, 0.2) is 11.6 Å². The smallest absolute Gasteiger partial charge is 0.164 e. The lowest BCUT2D eigenvalue weighted by Gasteiger charge is -2.31. The Morgan fingerprint density at radius 2 is 2.00 bits per heavy atom. The monoisotopic (exact) mass is 255 g/mol. The van der Waals surface area contributed by atoms with Crippen LogP contribution in [0.15, 0.2) is 18.2 Å². The van der Waals surface area contributed by atoms with Crippen LogP contribution in [0.4, 0.5) is 8.78 Å². The Labute approximate surface area is 106 Å². The van der Waals surface area contributed by atoms with E-state index in [-0.39, 0.29) is 5.56 Å². The highest BCUT2D eigenvalue weighted by Crippen LogP contribution is 2.23. The molecule has 1 aromatic rings. The van der Waals surface area contributed by atoms with Crippen molar-refractivity contribution in [3.63, 3.8) is 0 Å². The third-order valence-corrected chi connectivity index (χ3v) is 3.65. The second-order valence-electron chi connectivity index (χ2n) is 5.14. The van der Waals surface area contributed by atoms with E-state index in [2.05, 4.69) is 11.8 Å². The molecule has 100 valence electrons. The third-order valence-electron chi connectivity index (χ3n) is 3.65. The number of likely N-dealkylation sites (tertiary alicyclic amines) is 1. The van der Waals surface area contributed by atoms with Crippen molar-refractivity contribution in [3.05, 3.63) is 35.4 Å². The molecule has 0 bridgehead atoms. The molecule has 2 rings (SSSR count). The van der Waals surface area contributed by atoms with Gasteiger partial charge in [-0.1, -0.05) is 19.1 Å². The number of hydrogen-bond acceptors (Lipinski definition) is 2. The van der Waals surface area contributed by atoms with Crippen molar-refractivity contribution >= 4 is 0 Å². The van der Waals surface area contributed by atoms with Crippen molar-refractivity contribution in [1.29, 1.82) is 0 Å². The Morgan fingerprint density at radius 3 is 2.67 bits per heavy atom. The zero-order valence-electron chi connectivity index (χ0n) is 10.6. The fourth-order valence-electron chi connectivity index (χ4n) is 2.37. The topological polar surface area (TPSA) is 23.5 Å². The van der Waals surface area contributed by atoms with Crippen molar-refractivity contribution in [2.24, 2.45) is 5.92 Å². The molecule has 1 aromatic carbocycles. The molecule has 0 aliphatic carbocycles. The van der Waals surface area contributed by atoms with Crippen LogP contribution in [0.2, 0.25) is 0 Å². The number of rotatable bonds is 3. The van der Waals surface area contributed by atoms with Crippen LogP contribution in [-0.4, -0.2) is 29.6 Å². The molecule has 1 atom stereocenters. The van der Waals surface area contributed by atoms with E-state index in [9.17, 15) is 13.9 Å². The number of aliphatic hydroxyl groups excluding tert-OH is 1. The number of benzene rings is 1. The van der Waals surface area contributed by atoms with E-state index in [0.29, 0.717) is 12.5 Å². The van der Waals surface area contributed by atoms with Gasteiger partial charge < -0.3 is 10.0 Å². The molecule has 1 saturated heterocycles. The summed E-state index contributed by atoms with van der Waals surface area (Å²) in [4.78, 5) is 2.11. The molecule has 0 aromatic heterocycles. The molecule has 1 aliphatic rings. The fourth-order valence-corrected chi connectivity index (χ4v) is 2.37. The van der Waals surface area contributed by atoms with Crippen molar-refractivity contribution < 1.29 is 13.9 Å². The second kappa shape index (κ2) is 5.76. The summed E-state index contributed by atoms with van der Waals surface area (Å²) in [6.45, 7) is 4.40. The lowest BCUT2D eigenvalue weighted by atomic mass is 9.98. The van der Waals surface area contributed by atoms with Crippen LogP contribution in [-0.2, 0) is 0 Å². The van der Waals surface area contributed by atoms with Crippen LogP contribution in [0.5, 0.6) is 0 Å². The quantitative estimate of drug-likeness (QED) is 0.897. The van der Waals surface area contributed by atoms with E-state index in [1.807, 2.05) is 0 Å². The van der Waals surface area contributed by atoms with E-state index in [4.69, 9.17) is 0 Å². The highest BCUT2D eigenvalue weighted by atomic mass is 19.2. The van der Waals surface area contributed by atoms with Crippen molar-refractivity contribution in [3.8, 4) is 0 Å². The van der Waals surface area contributed by atoms with Crippen molar-refractivity contribution in [1.82, 2.24) is 4.90 Å². The average Bonchev–Trinajstić information content (AvgIpc) is 2.35. The van der Waals surface area contributed by atoms with E-state index in [1.165, 1.54) is 12.1 Å². The van der Waals surface area contributed by atoms with Gasteiger partial charge in [0.25, 0.3) is 0 Å². The Hall–Kier alpha value is -1.00. The van der Waals surface area contributed by atoms with E-state index < -0.39 is 17.7 Å². The summed E-state index contributed by atoms with van der Waals surface area (Å²) in [6, 6.07) is 3.93. The molecule has 1 heterocycles. The lowest BCUT2D eigenvalue weighted by Crippen LogP contribution is -2.36. The maximum atomic E-state index is 13.5. The average molecular weight is 255 g/mol. The summed E-state index contributed by atoms with van der Waals surface area (Å²) in [5.74, 6) is -1.13. The number of β-amino-alcohol motifs (C(OH)–C–C–N with tert-alkyl or cyclic N) is 1. The summed E-state index contributed by atoms with van der Waals surface area (Å²) < 4.78 is 26.6. The number of piperidine rings is 1. The zero-order valence-corrected chi connectivity index (χ0v) is 10.6.